The van der Waals surface area contributed by atoms with Crippen molar-refractivity contribution in [3.63, 3.8) is 0 Å². The predicted octanol–water partition coefficient (Wildman–Crippen LogP) is 4.57. The molecular weight excluding hydrogens is 410 g/mol. The van der Waals surface area contributed by atoms with Gasteiger partial charge in [0.2, 0.25) is 0 Å². The van der Waals surface area contributed by atoms with Crippen molar-refractivity contribution in [1.82, 2.24) is 15.2 Å². The lowest BCUT2D eigenvalue weighted by molar-refractivity contribution is -0.131. The standard InChI is InChI=1S/C24H25N3O3S/c1-16-4-8-18(9-5-16)21-25-19(15-31-21)14-27-22(28)24(2,26-23(27)29)13-12-17-6-10-20(30-3)11-7-17/h4-11,15H,12-14H2,1-3H3,(H,26,29)/t24-/m0/s1. The molecule has 0 unspecified atom stereocenters. The molecule has 1 aliphatic rings. The average molecular weight is 436 g/mol. The highest BCUT2D eigenvalue weighted by molar-refractivity contribution is 7.13. The summed E-state index contributed by atoms with van der Waals surface area (Å²) in [5.74, 6) is 0.579. The summed E-state index contributed by atoms with van der Waals surface area (Å²) in [6.45, 7) is 4.00. The van der Waals surface area contributed by atoms with Crippen LogP contribution in [0.25, 0.3) is 10.6 Å². The minimum Gasteiger partial charge on any atom is -0.497 e. The lowest BCUT2D eigenvalue weighted by Gasteiger charge is -2.21. The number of amides is 3. The topological polar surface area (TPSA) is 71.5 Å². The monoisotopic (exact) mass is 435 g/mol. The summed E-state index contributed by atoms with van der Waals surface area (Å²) in [4.78, 5) is 31.5. The number of ether oxygens (including phenoxy) is 1. The smallest absolute Gasteiger partial charge is 0.325 e. The Hall–Kier alpha value is -3.19. The number of nitrogens with one attached hydrogen (secondary N) is 1. The van der Waals surface area contributed by atoms with Crippen LogP contribution in [0, 0.1) is 6.92 Å². The molecule has 0 spiro atoms. The Morgan fingerprint density at radius 2 is 1.81 bits per heavy atom. The third kappa shape index (κ3) is 4.46. The van der Waals surface area contributed by atoms with Crippen molar-refractivity contribution in [3.05, 3.63) is 70.7 Å². The largest absolute Gasteiger partial charge is 0.497 e. The third-order valence-corrected chi connectivity index (χ3v) is 6.53. The fraction of sp³-hybridized carbons (Fsp3) is 0.292. The fourth-order valence-electron chi connectivity index (χ4n) is 3.62. The summed E-state index contributed by atoms with van der Waals surface area (Å²) in [5, 5.41) is 5.66. The van der Waals surface area contributed by atoms with Crippen molar-refractivity contribution in [2.45, 2.75) is 38.8 Å². The number of aromatic nitrogens is 1. The van der Waals surface area contributed by atoms with Crippen molar-refractivity contribution in [2.75, 3.05) is 7.11 Å². The van der Waals surface area contributed by atoms with Crippen molar-refractivity contribution < 1.29 is 14.3 Å². The van der Waals surface area contributed by atoms with Crippen LogP contribution < -0.4 is 10.1 Å². The van der Waals surface area contributed by atoms with Gasteiger partial charge in [0, 0.05) is 10.9 Å². The Kier molecular flexibility index (Phi) is 5.78. The van der Waals surface area contributed by atoms with Crippen LogP contribution in [0.5, 0.6) is 5.75 Å². The van der Waals surface area contributed by atoms with Gasteiger partial charge in [0.15, 0.2) is 0 Å². The van der Waals surface area contributed by atoms with Crippen LogP contribution in [0.3, 0.4) is 0 Å². The first-order valence-electron chi connectivity index (χ1n) is 10.2. The second-order valence-corrected chi connectivity index (χ2v) is 8.87. The Balaban J connectivity index is 1.42. The van der Waals surface area contributed by atoms with E-state index in [0.29, 0.717) is 18.5 Å². The number of carbonyl (C=O) groups is 2. The van der Waals surface area contributed by atoms with Gasteiger partial charge >= 0.3 is 6.03 Å². The van der Waals surface area contributed by atoms with Gasteiger partial charge in [-0.05, 0) is 44.4 Å². The van der Waals surface area contributed by atoms with Crippen LogP contribution in [0.2, 0.25) is 0 Å². The van der Waals surface area contributed by atoms with Crippen LogP contribution in [0.1, 0.15) is 30.2 Å². The van der Waals surface area contributed by atoms with Gasteiger partial charge in [-0.2, -0.15) is 0 Å². The number of hydrogen-bond acceptors (Lipinski definition) is 5. The van der Waals surface area contributed by atoms with E-state index >= 15 is 0 Å². The van der Waals surface area contributed by atoms with Gasteiger partial charge in [-0.3, -0.25) is 9.69 Å². The number of benzene rings is 2. The van der Waals surface area contributed by atoms with Crippen LogP contribution >= 0.6 is 11.3 Å². The molecule has 1 N–H and O–H groups in total. The highest BCUT2D eigenvalue weighted by atomic mass is 32.1. The molecule has 31 heavy (non-hydrogen) atoms. The molecule has 2 heterocycles. The first-order chi connectivity index (χ1) is 14.9. The van der Waals surface area contributed by atoms with E-state index in [9.17, 15) is 9.59 Å². The van der Waals surface area contributed by atoms with E-state index in [1.807, 2.05) is 60.8 Å². The number of nitrogens with zero attached hydrogens (tertiary/aromatic N) is 2. The van der Waals surface area contributed by atoms with E-state index in [1.165, 1.54) is 21.8 Å². The lowest BCUT2D eigenvalue weighted by Crippen LogP contribution is -2.44. The van der Waals surface area contributed by atoms with E-state index in [-0.39, 0.29) is 18.5 Å². The number of carbonyl (C=O) groups excluding carboxylic acids is 2. The molecule has 1 fully saturated rings. The van der Waals surface area contributed by atoms with Crippen LogP contribution in [0.4, 0.5) is 4.79 Å². The summed E-state index contributed by atoms with van der Waals surface area (Å²) in [7, 11) is 1.63. The Morgan fingerprint density at radius 3 is 2.48 bits per heavy atom. The van der Waals surface area contributed by atoms with Crippen LogP contribution in [-0.2, 0) is 17.8 Å². The normalized spacial score (nSPS) is 18.4. The lowest BCUT2D eigenvalue weighted by atomic mass is 9.93. The molecule has 1 aliphatic heterocycles. The van der Waals surface area contributed by atoms with Gasteiger partial charge < -0.3 is 10.1 Å². The maximum absolute atomic E-state index is 13.1. The first kappa shape index (κ1) is 21.1. The van der Waals surface area contributed by atoms with E-state index in [4.69, 9.17) is 4.74 Å². The van der Waals surface area contributed by atoms with Crippen molar-refractivity contribution in [1.29, 1.82) is 0 Å². The maximum Gasteiger partial charge on any atom is 0.325 e. The molecule has 3 aromatic rings. The van der Waals surface area contributed by atoms with Gasteiger partial charge in [0.25, 0.3) is 5.91 Å². The summed E-state index contributed by atoms with van der Waals surface area (Å²) < 4.78 is 5.18. The second-order valence-electron chi connectivity index (χ2n) is 8.01. The van der Waals surface area contributed by atoms with Crippen LogP contribution in [0.15, 0.2) is 53.9 Å². The van der Waals surface area contributed by atoms with E-state index in [2.05, 4.69) is 10.3 Å². The number of thiazole rings is 1. The molecule has 1 atom stereocenters. The number of aryl methyl sites for hydroxylation is 2. The molecule has 0 bridgehead atoms. The molecule has 0 radical (unpaired) electrons. The highest BCUT2D eigenvalue weighted by Gasteiger charge is 2.47. The molecule has 6 nitrogen and oxygen atoms in total. The van der Waals surface area contributed by atoms with Gasteiger partial charge in [0.1, 0.15) is 16.3 Å². The van der Waals surface area contributed by atoms with E-state index < -0.39 is 5.54 Å². The summed E-state index contributed by atoms with van der Waals surface area (Å²) >= 11 is 1.51. The molecule has 160 valence electrons. The molecule has 3 amide bonds. The number of hydrogen-bond donors (Lipinski definition) is 1. The predicted molar refractivity (Wildman–Crippen MR) is 121 cm³/mol. The number of urea groups is 1. The zero-order valence-electron chi connectivity index (χ0n) is 17.8. The fourth-order valence-corrected chi connectivity index (χ4v) is 4.43. The minimum absolute atomic E-state index is 0.172. The zero-order valence-corrected chi connectivity index (χ0v) is 18.7. The van der Waals surface area contributed by atoms with Gasteiger partial charge in [0.05, 0.1) is 19.3 Å². The molecule has 0 saturated carbocycles. The minimum atomic E-state index is -0.924. The van der Waals surface area contributed by atoms with Crippen molar-refractivity contribution in [3.8, 4) is 16.3 Å². The zero-order chi connectivity index (χ0) is 22.0. The molecule has 1 saturated heterocycles. The molecule has 0 aliphatic carbocycles. The van der Waals surface area contributed by atoms with Crippen molar-refractivity contribution >= 4 is 23.3 Å². The maximum atomic E-state index is 13.1. The Morgan fingerprint density at radius 1 is 1.10 bits per heavy atom. The second kappa shape index (κ2) is 8.51. The summed E-state index contributed by atoms with van der Waals surface area (Å²) in [5.41, 5.74) is 3.10. The molecule has 4 rings (SSSR count). The summed E-state index contributed by atoms with van der Waals surface area (Å²) in [6.07, 6.45) is 1.20. The van der Waals surface area contributed by atoms with Gasteiger partial charge in [-0.25, -0.2) is 9.78 Å². The average Bonchev–Trinajstić information content (AvgIpc) is 3.32. The Labute approximate surface area is 185 Å². The number of rotatable bonds is 7. The van der Waals surface area contributed by atoms with E-state index in [0.717, 1.165) is 21.9 Å². The molecule has 7 heteroatoms. The molecular formula is C24H25N3O3S. The Bertz CT molecular complexity index is 1090. The molecule has 2 aromatic carbocycles. The highest BCUT2D eigenvalue weighted by Crippen LogP contribution is 2.28. The number of imide groups is 1. The van der Waals surface area contributed by atoms with Crippen molar-refractivity contribution in [2.24, 2.45) is 0 Å². The van der Waals surface area contributed by atoms with Crippen LogP contribution in [-0.4, -0.2) is 34.5 Å². The summed E-state index contributed by atoms with van der Waals surface area (Å²) in [6, 6.07) is 15.5. The quantitative estimate of drug-likeness (QED) is 0.552. The first-order valence-corrected chi connectivity index (χ1v) is 11.0. The van der Waals surface area contributed by atoms with Gasteiger partial charge in [-0.1, -0.05) is 42.0 Å². The SMILES string of the molecule is COc1ccc(CC[C@]2(C)NC(=O)N(Cc3csc(-c4ccc(C)cc4)n3)C2=O)cc1. The number of methoxy groups -OCH3 is 1. The van der Waals surface area contributed by atoms with E-state index in [1.54, 1.807) is 14.0 Å². The molecule has 1 aromatic heterocycles. The third-order valence-electron chi connectivity index (χ3n) is 5.59. The van der Waals surface area contributed by atoms with Gasteiger partial charge in [-0.15, -0.1) is 11.3 Å².